The van der Waals surface area contributed by atoms with Crippen molar-refractivity contribution < 1.29 is 34.2 Å². The fourth-order valence-electron chi connectivity index (χ4n) is 3.54. The van der Waals surface area contributed by atoms with Crippen LogP contribution in [0.15, 0.2) is 24.3 Å². The van der Waals surface area contributed by atoms with E-state index in [1.165, 1.54) is 17.0 Å². The number of rotatable bonds is 11. The number of aliphatic carboxylic acids is 1. The van der Waals surface area contributed by atoms with Gasteiger partial charge in [-0.15, -0.1) is 0 Å². The number of nitrogens with one attached hydrogen (secondary N) is 2. The number of amides is 4. The summed E-state index contributed by atoms with van der Waals surface area (Å²) in [7, 11) is 0. The highest BCUT2D eigenvalue weighted by Crippen LogP contribution is 2.19. The van der Waals surface area contributed by atoms with Gasteiger partial charge in [0.15, 0.2) is 0 Å². The molecule has 0 aliphatic carbocycles. The number of carboxylic acid groups (broad SMARTS) is 1. The zero-order chi connectivity index (χ0) is 24.5. The minimum absolute atomic E-state index is 0.0105. The molecule has 3 atom stereocenters. The van der Waals surface area contributed by atoms with E-state index in [1.54, 1.807) is 12.1 Å². The van der Waals surface area contributed by atoms with Gasteiger partial charge < -0.3 is 37.2 Å². The lowest BCUT2D eigenvalue weighted by atomic mass is 10.1. The predicted molar refractivity (Wildman–Crippen MR) is 116 cm³/mol. The van der Waals surface area contributed by atoms with Crippen LogP contribution < -0.4 is 22.1 Å². The first-order valence-electron chi connectivity index (χ1n) is 10.5. The van der Waals surface area contributed by atoms with Gasteiger partial charge in [0.2, 0.25) is 23.6 Å². The summed E-state index contributed by atoms with van der Waals surface area (Å²) in [5.74, 6) is -3.53. The van der Waals surface area contributed by atoms with E-state index in [4.69, 9.17) is 11.5 Å². The van der Waals surface area contributed by atoms with Crippen LogP contribution in [0.3, 0.4) is 0 Å². The maximum absolute atomic E-state index is 12.6. The van der Waals surface area contributed by atoms with Crippen LogP contribution in [0, 0.1) is 0 Å². The normalized spacial score (nSPS) is 17.1. The van der Waals surface area contributed by atoms with Crippen molar-refractivity contribution in [2.75, 3.05) is 13.1 Å². The molecule has 1 aromatic rings. The maximum atomic E-state index is 12.6. The van der Waals surface area contributed by atoms with Gasteiger partial charge in [-0.05, 0) is 37.0 Å². The summed E-state index contributed by atoms with van der Waals surface area (Å²) in [6, 6.07) is 2.89. The molecule has 0 aromatic heterocycles. The summed E-state index contributed by atoms with van der Waals surface area (Å²) in [5.41, 5.74) is 11.5. The lowest BCUT2D eigenvalue weighted by molar-refractivity contribution is -0.142. The molecule has 1 aromatic carbocycles. The van der Waals surface area contributed by atoms with Gasteiger partial charge in [-0.1, -0.05) is 12.1 Å². The van der Waals surface area contributed by atoms with Crippen molar-refractivity contribution in [1.82, 2.24) is 15.5 Å². The lowest BCUT2D eigenvalue weighted by Crippen LogP contribution is -2.53. The zero-order valence-electron chi connectivity index (χ0n) is 18.0. The van der Waals surface area contributed by atoms with Crippen LogP contribution in [0.2, 0.25) is 0 Å². The second-order valence-corrected chi connectivity index (χ2v) is 7.85. The molecule has 8 N–H and O–H groups in total. The Morgan fingerprint density at radius 2 is 1.82 bits per heavy atom. The number of phenols is 1. The van der Waals surface area contributed by atoms with Crippen molar-refractivity contribution in [3.05, 3.63) is 29.8 Å². The summed E-state index contributed by atoms with van der Waals surface area (Å²) >= 11 is 0. The number of phenolic OH excluding ortho intramolecular Hbond substituents is 1. The van der Waals surface area contributed by atoms with Gasteiger partial charge in [0.25, 0.3) is 0 Å². The largest absolute Gasteiger partial charge is 0.508 e. The van der Waals surface area contributed by atoms with Crippen LogP contribution in [0.25, 0.3) is 0 Å². The van der Waals surface area contributed by atoms with E-state index >= 15 is 0 Å². The molecule has 0 spiro atoms. The van der Waals surface area contributed by atoms with E-state index in [0.29, 0.717) is 24.9 Å². The second kappa shape index (κ2) is 11.8. The second-order valence-electron chi connectivity index (χ2n) is 7.85. The van der Waals surface area contributed by atoms with Crippen LogP contribution in [-0.2, 0) is 30.4 Å². The number of hydrogen-bond acceptors (Lipinski definition) is 7. The number of likely N-dealkylation sites (tertiary alicyclic amines) is 1. The smallest absolute Gasteiger partial charge is 0.326 e. The molecule has 2 rings (SSSR count). The monoisotopic (exact) mass is 463 g/mol. The third-order valence-corrected chi connectivity index (χ3v) is 5.29. The van der Waals surface area contributed by atoms with Gasteiger partial charge in [0.05, 0.1) is 12.6 Å². The Hall–Kier alpha value is -3.67. The minimum Gasteiger partial charge on any atom is -0.508 e. The maximum Gasteiger partial charge on any atom is 0.326 e. The number of nitrogens with zero attached hydrogens (tertiary/aromatic N) is 1. The first-order chi connectivity index (χ1) is 15.6. The van der Waals surface area contributed by atoms with Crippen LogP contribution in [0.5, 0.6) is 5.75 Å². The fourth-order valence-corrected chi connectivity index (χ4v) is 3.54. The molecule has 0 bridgehead atoms. The van der Waals surface area contributed by atoms with Crippen LogP contribution in [0.1, 0.15) is 31.2 Å². The van der Waals surface area contributed by atoms with E-state index in [-0.39, 0.29) is 25.0 Å². The van der Waals surface area contributed by atoms with Gasteiger partial charge in [-0.2, -0.15) is 0 Å². The van der Waals surface area contributed by atoms with Crippen molar-refractivity contribution in [1.29, 1.82) is 0 Å². The van der Waals surface area contributed by atoms with E-state index in [0.717, 1.165) is 0 Å². The molecular formula is C21H29N5O7. The molecule has 1 aliphatic heterocycles. The Kier molecular flexibility index (Phi) is 9.16. The highest BCUT2D eigenvalue weighted by Gasteiger charge is 2.36. The summed E-state index contributed by atoms with van der Waals surface area (Å²) in [6.45, 7) is -0.147. The highest BCUT2D eigenvalue weighted by atomic mass is 16.4. The molecule has 33 heavy (non-hydrogen) atoms. The van der Waals surface area contributed by atoms with Gasteiger partial charge in [0.1, 0.15) is 17.8 Å². The minimum atomic E-state index is -1.25. The molecule has 12 heteroatoms. The predicted octanol–water partition coefficient (Wildman–Crippen LogP) is -1.80. The van der Waals surface area contributed by atoms with E-state index < -0.39 is 54.3 Å². The van der Waals surface area contributed by atoms with E-state index in [1.807, 2.05) is 0 Å². The molecule has 180 valence electrons. The molecule has 12 nitrogen and oxygen atoms in total. The van der Waals surface area contributed by atoms with Crippen LogP contribution in [0.4, 0.5) is 0 Å². The Morgan fingerprint density at radius 3 is 2.42 bits per heavy atom. The fraction of sp³-hybridized carbons (Fsp3) is 0.476. The lowest BCUT2D eigenvalue weighted by Gasteiger charge is -2.26. The topological polar surface area (TPSA) is 205 Å². The summed E-state index contributed by atoms with van der Waals surface area (Å²) < 4.78 is 0. The molecular weight excluding hydrogens is 434 g/mol. The summed E-state index contributed by atoms with van der Waals surface area (Å²) in [4.78, 5) is 61.0. The van der Waals surface area contributed by atoms with Crippen LogP contribution >= 0.6 is 0 Å². The molecule has 1 fully saturated rings. The van der Waals surface area contributed by atoms with E-state index in [2.05, 4.69) is 10.6 Å². The number of aromatic hydroxyl groups is 1. The first kappa shape index (κ1) is 25.6. The third-order valence-electron chi connectivity index (χ3n) is 5.29. The molecule has 1 heterocycles. The van der Waals surface area contributed by atoms with Crippen LogP contribution in [-0.4, -0.2) is 75.9 Å². The van der Waals surface area contributed by atoms with Gasteiger partial charge in [-0.3, -0.25) is 19.2 Å². The zero-order valence-corrected chi connectivity index (χ0v) is 18.0. The number of carbonyl (C=O) groups excluding carboxylic acids is 4. The number of hydrogen-bond donors (Lipinski definition) is 6. The Bertz CT molecular complexity index is 889. The Labute approximate surface area is 190 Å². The number of primary amides is 1. The van der Waals surface area contributed by atoms with Gasteiger partial charge >= 0.3 is 5.97 Å². The molecule has 1 saturated heterocycles. The Balaban J connectivity index is 1.87. The van der Waals surface area contributed by atoms with Gasteiger partial charge in [0, 0.05) is 19.4 Å². The molecule has 0 saturated carbocycles. The van der Waals surface area contributed by atoms with Crippen molar-refractivity contribution >= 4 is 29.6 Å². The SMILES string of the molecule is NC(=O)CCC(N)C(=O)N1CCCC1C(=O)NCC(=O)NC(Cc1ccc(O)cc1)C(=O)O. The summed E-state index contributed by atoms with van der Waals surface area (Å²) in [6.07, 6.45) is 0.974. The molecule has 0 radical (unpaired) electrons. The highest BCUT2D eigenvalue weighted by molar-refractivity contribution is 5.93. The Morgan fingerprint density at radius 1 is 1.15 bits per heavy atom. The number of carboxylic acids is 1. The first-order valence-corrected chi connectivity index (χ1v) is 10.5. The average Bonchev–Trinajstić information content (AvgIpc) is 3.26. The molecule has 4 amide bonds. The number of benzene rings is 1. The third kappa shape index (κ3) is 7.75. The van der Waals surface area contributed by atoms with Crippen molar-refractivity contribution in [3.8, 4) is 5.75 Å². The number of carbonyl (C=O) groups is 5. The quantitative estimate of drug-likeness (QED) is 0.220. The van der Waals surface area contributed by atoms with Crippen molar-refractivity contribution in [2.24, 2.45) is 11.5 Å². The average molecular weight is 463 g/mol. The standard InChI is InChI=1S/C21H29N5O7/c22-14(7-8-17(23)28)20(31)26-9-1-2-16(26)19(30)24-11-18(29)25-15(21(32)33)10-12-3-5-13(27)6-4-12/h3-6,14-16,27H,1-2,7-11,22H2,(H2,23,28)(H,24,30)(H,25,29)(H,32,33). The number of nitrogens with two attached hydrogens (primary N) is 2. The van der Waals surface area contributed by atoms with E-state index in [9.17, 15) is 34.2 Å². The van der Waals surface area contributed by atoms with Crippen molar-refractivity contribution in [2.45, 2.75) is 50.2 Å². The molecule has 3 unspecified atom stereocenters. The van der Waals surface area contributed by atoms with Gasteiger partial charge in [-0.25, -0.2) is 4.79 Å². The van der Waals surface area contributed by atoms with Crippen molar-refractivity contribution in [3.63, 3.8) is 0 Å². The summed E-state index contributed by atoms with van der Waals surface area (Å²) in [5, 5.41) is 23.5. The molecule has 1 aliphatic rings.